The Morgan fingerprint density at radius 1 is 1.57 bits per heavy atom. The summed E-state index contributed by atoms with van der Waals surface area (Å²) in [6, 6.07) is 5.94. The van der Waals surface area contributed by atoms with Gasteiger partial charge in [-0.05, 0) is 46.9 Å². The molecule has 0 aromatic heterocycles. The molecule has 0 fully saturated rings. The number of aliphatic hydroxyl groups excluding tert-OH is 1. The third-order valence-corrected chi connectivity index (χ3v) is 3.67. The van der Waals surface area contributed by atoms with E-state index in [1.165, 1.54) is 4.90 Å². The van der Waals surface area contributed by atoms with Gasteiger partial charge in [-0.25, -0.2) is 0 Å². The minimum atomic E-state index is -0.438. The lowest BCUT2D eigenvalue weighted by molar-refractivity contribution is 0.177. The average molecular weight is 276 g/mol. The number of halogens is 1. The van der Waals surface area contributed by atoms with Crippen LogP contribution in [0.4, 0.5) is 0 Å². The van der Waals surface area contributed by atoms with Crippen LogP contribution in [-0.2, 0) is 0 Å². The number of aliphatic hydroxyl groups is 1. The van der Waals surface area contributed by atoms with Gasteiger partial charge >= 0.3 is 0 Å². The monoisotopic (exact) mass is 275 g/mol. The van der Waals surface area contributed by atoms with Gasteiger partial charge in [0.1, 0.15) is 0 Å². The minimum absolute atomic E-state index is 0.438. The SMILES string of the molecule is CNCC(O)c1ccc(SC)c(Br)c1. The van der Waals surface area contributed by atoms with Gasteiger partial charge in [-0.3, -0.25) is 0 Å². The lowest BCUT2D eigenvalue weighted by Crippen LogP contribution is -2.16. The largest absolute Gasteiger partial charge is 0.387 e. The van der Waals surface area contributed by atoms with E-state index in [2.05, 4.69) is 21.2 Å². The van der Waals surface area contributed by atoms with Gasteiger partial charge in [-0.2, -0.15) is 0 Å². The van der Waals surface area contributed by atoms with E-state index >= 15 is 0 Å². The molecule has 0 aliphatic heterocycles. The van der Waals surface area contributed by atoms with Gasteiger partial charge in [0.2, 0.25) is 0 Å². The first-order valence-corrected chi connectivity index (χ1v) is 6.37. The average Bonchev–Trinajstić information content (AvgIpc) is 2.18. The van der Waals surface area contributed by atoms with Crippen molar-refractivity contribution in [1.82, 2.24) is 5.32 Å². The highest BCUT2D eigenvalue weighted by molar-refractivity contribution is 9.10. The van der Waals surface area contributed by atoms with Crippen molar-refractivity contribution < 1.29 is 5.11 Å². The third-order valence-electron chi connectivity index (χ3n) is 1.96. The summed E-state index contributed by atoms with van der Waals surface area (Å²) in [5.74, 6) is 0. The van der Waals surface area contributed by atoms with Gasteiger partial charge in [0.15, 0.2) is 0 Å². The molecule has 0 heterocycles. The number of benzene rings is 1. The van der Waals surface area contributed by atoms with E-state index in [9.17, 15) is 5.11 Å². The summed E-state index contributed by atoms with van der Waals surface area (Å²) >= 11 is 5.16. The van der Waals surface area contributed by atoms with E-state index in [1.807, 2.05) is 31.5 Å². The molecule has 0 bridgehead atoms. The van der Waals surface area contributed by atoms with Crippen LogP contribution in [0.15, 0.2) is 27.6 Å². The number of thioether (sulfide) groups is 1. The zero-order chi connectivity index (χ0) is 10.6. The second kappa shape index (κ2) is 5.75. The van der Waals surface area contributed by atoms with Gasteiger partial charge in [-0.1, -0.05) is 6.07 Å². The first-order chi connectivity index (χ1) is 6.69. The predicted molar refractivity (Wildman–Crippen MR) is 64.8 cm³/mol. The Hall–Kier alpha value is -0.0300. The Bertz CT molecular complexity index is 306. The van der Waals surface area contributed by atoms with Crippen molar-refractivity contribution in [1.29, 1.82) is 0 Å². The van der Waals surface area contributed by atoms with Crippen LogP contribution in [0.5, 0.6) is 0 Å². The lowest BCUT2D eigenvalue weighted by atomic mass is 10.1. The molecule has 2 N–H and O–H groups in total. The predicted octanol–water partition coefficient (Wildman–Crippen LogP) is 2.42. The Balaban J connectivity index is 2.85. The van der Waals surface area contributed by atoms with Gasteiger partial charge in [0, 0.05) is 15.9 Å². The normalized spacial score (nSPS) is 12.9. The van der Waals surface area contributed by atoms with Crippen molar-refractivity contribution in [3.8, 4) is 0 Å². The summed E-state index contributed by atoms with van der Waals surface area (Å²) in [6.45, 7) is 0.574. The van der Waals surface area contributed by atoms with E-state index in [4.69, 9.17) is 0 Å². The zero-order valence-corrected chi connectivity index (χ0v) is 10.7. The maximum Gasteiger partial charge on any atom is 0.0914 e. The van der Waals surface area contributed by atoms with Gasteiger partial charge in [-0.15, -0.1) is 11.8 Å². The van der Waals surface area contributed by atoms with Crippen molar-refractivity contribution in [2.75, 3.05) is 19.8 Å². The summed E-state index contributed by atoms with van der Waals surface area (Å²) in [4.78, 5) is 1.19. The second-order valence-electron chi connectivity index (χ2n) is 2.97. The van der Waals surface area contributed by atoms with Crippen molar-refractivity contribution in [2.45, 2.75) is 11.0 Å². The molecule has 2 nitrogen and oxygen atoms in total. The van der Waals surface area contributed by atoms with E-state index in [0.29, 0.717) is 6.54 Å². The fraction of sp³-hybridized carbons (Fsp3) is 0.400. The van der Waals surface area contributed by atoms with Crippen molar-refractivity contribution in [3.63, 3.8) is 0 Å². The molecule has 0 aliphatic rings. The Labute approximate surface area is 97.2 Å². The lowest BCUT2D eigenvalue weighted by Gasteiger charge is -2.11. The van der Waals surface area contributed by atoms with E-state index < -0.39 is 6.10 Å². The van der Waals surface area contributed by atoms with Crippen molar-refractivity contribution in [3.05, 3.63) is 28.2 Å². The topological polar surface area (TPSA) is 32.3 Å². The fourth-order valence-electron chi connectivity index (χ4n) is 1.20. The molecule has 4 heteroatoms. The Morgan fingerprint density at radius 2 is 2.29 bits per heavy atom. The van der Waals surface area contributed by atoms with Crippen LogP contribution >= 0.6 is 27.7 Å². The molecule has 0 aliphatic carbocycles. The Morgan fingerprint density at radius 3 is 2.79 bits per heavy atom. The molecule has 1 aromatic rings. The molecule has 0 amide bonds. The number of rotatable bonds is 4. The molecular formula is C10H14BrNOS. The maximum absolute atomic E-state index is 9.72. The maximum atomic E-state index is 9.72. The first-order valence-electron chi connectivity index (χ1n) is 4.35. The first kappa shape index (κ1) is 12.0. The highest BCUT2D eigenvalue weighted by Crippen LogP contribution is 2.28. The van der Waals surface area contributed by atoms with Crippen molar-refractivity contribution >= 4 is 27.7 Å². The van der Waals surface area contributed by atoms with Crippen LogP contribution in [0, 0.1) is 0 Å². The molecule has 1 aromatic carbocycles. The standard InChI is InChI=1S/C10H14BrNOS/c1-12-6-9(13)7-3-4-10(14-2)8(11)5-7/h3-5,9,12-13H,6H2,1-2H3. The van der Waals surface area contributed by atoms with Crippen LogP contribution in [0.3, 0.4) is 0 Å². The highest BCUT2D eigenvalue weighted by atomic mass is 79.9. The smallest absolute Gasteiger partial charge is 0.0914 e. The fourth-order valence-corrected chi connectivity index (χ4v) is 2.54. The summed E-state index contributed by atoms with van der Waals surface area (Å²) < 4.78 is 1.04. The summed E-state index contributed by atoms with van der Waals surface area (Å²) in [5.41, 5.74) is 0.934. The van der Waals surface area contributed by atoms with E-state index in [-0.39, 0.29) is 0 Å². The summed E-state index contributed by atoms with van der Waals surface area (Å²) in [6.07, 6.45) is 1.59. The molecule has 0 radical (unpaired) electrons. The minimum Gasteiger partial charge on any atom is -0.387 e. The zero-order valence-electron chi connectivity index (χ0n) is 8.25. The number of hydrogen-bond acceptors (Lipinski definition) is 3. The molecule has 1 unspecified atom stereocenters. The van der Waals surface area contributed by atoms with E-state index in [0.717, 1.165) is 10.0 Å². The van der Waals surface area contributed by atoms with Crippen molar-refractivity contribution in [2.24, 2.45) is 0 Å². The molecule has 0 saturated heterocycles. The number of likely N-dealkylation sites (N-methyl/N-ethyl adjacent to an activating group) is 1. The third kappa shape index (κ3) is 2.98. The highest BCUT2D eigenvalue weighted by Gasteiger charge is 2.08. The Kier molecular flexibility index (Phi) is 4.95. The molecular weight excluding hydrogens is 262 g/mol. The molecule has 1 atom stereocenters. The molecule has 0 spiro atoms. The molecule has 78 valence electrons. The van der Waals surface area contributed by atoms with Crippen LogP contribution in [0.25, 0.3) is 0 Å². The van der Waals surface area contributed by atoms with Gasteiger partial charge < -0.3 is 10.4 Å². The van der Waals surface area contributed by atoms with Gasteiger partial charge in [0.25, 0.3) is 0 Å². The van der Waals surface area contributed by atoms with Crippen LogP contribution in [0.2, 0.25) is 0 Å². The van der Waals surface area contributed by atoms with E-state index in [1.54, 1.807) is 11.8 Å². The summed E-state index contributed by atoms with van der Waals surface area (Å²) in [5, 5.41) is 12.7. The molecule has 14 heavy (non-hydrogen) atoms. The van der Waals surface area contributed by atoms with Crippen LogP contribution in [0.1, 0.15) is 11.7 Å². The quantitative estimate of drug-likeness (QED) is 0.828. The summed E-state index contributed by atoms with van der Waals surface area (Å²) in [7, 11) is 1.83. The molecule has 1 rings (SSSR count). The van der Waals surface area contributed by atoms with Crippen LogP contribution < -0.4 is 5.32 Å². The molecule has 0 saturated carbocycles. The second-order valence-corrected chi connectivity index (χ2v) is 4.67. The number of nitrogens with one attached hydrogen (secondary N) is 1. The van der Waals surface area contributed by atoms with Gasteiger partial charge in [0.05, 0.1) is 6.10 Å². The number of hydrogen-bond donors (Lipinski definition) is 2. The van der Waals surface area contributed by atoms with Crippen LogP contribution in [-0.4, -0.2) is 25.0 Å².